The van der Waals surface area contributed by atoms with E-state index in [9.17, 15) is 4.79 Å². The number of hydrazone groups is 1. The van der Waals surface area contributed by atoms with Crippen LogP contribution in [0.4, 0.5) is 0 Å². The van der Waals surface area contributed by atoms with E-state index in [1.54, 1.807) is 6.26 Å². The van der Waals surface area contributed by atoms with E-state index in [1.165, 1.54) is 11.9 Å². The number of carbonyl (C=O) groups excluding carboxylic acids is 1. The number of aromatic nitrogens is 2. The number of nitrogens with zero attached hydrogens (tertiary/aromatic N) is 4. The highest BCUT2D eigenvalue weighted by Gasteiger charge is 2.35. The summed E-state index contributed by atoms with van der Waals surface area (Å²) in [4.78, 5) is 12.5. The first-order valence-electron chi connectivity index (χ1n) is 9.92. The van der Waals surface area contributed by atoms with Gasteiger partial charge in [-0.25, -0.2) is 9.69 Å². The zero-order chi connectivity index (χ0) is 21.4. The summed E-state index contributed by atoms with van der Waals surface area (Å²) in [6.45, 7) is 1.52. The Kier molecular flexibility index (Phi) is 4.92. The first-order valence-corrected chi connectivity index (χ1v) is 10.3. The Hall–Kier alpha value is -3.64. The summed E-state index contributed by atoms with van der Waals surface area (Å²) in [5, 5.41) is 11.6. The summed E-state index contributed by atoms with van der Waals surface area (Å²) in [5.74, 6) is 0.526. The maximum atomic E-state index is 12.5. The van der Waals surface area contributed by atoms with Crippen LogP contribution in [0.2, 0.25) is 5.02 Å². The molecule has 3 heterocycles. The van der Waals surface area contributed by atoms with Crippen LogP contribution in [0, 0.1) is 0 Å². The van der Waals surface area contributed by atoms with Crippen molar-refractivity contribution in [3.8, 4) is 16.9 Å². The molecule has 0 fully saturated rings. The molecule has 5 rings (SSSR count). The van der Waals surface area contributed by atoms with Gasteiger partial charge < -0.3 is 4.42 Å². The molecular formula is C24H19ClN4O2. The number of benzene rings is 2. The quantitative estimate of drug-likeness (QED) is 0.430. The van der Waals surface area contributed by atoms with E-state index in [1.807, 2.05) is 77.6 Å². The predicted molar refractivity (Wildman–Crippen MR) is 119 cm³/mol. The summed E-state index contributed by atoms with van der Waals surface area (Å²) in [7, 11) is 0. The molecule has 1 amide bonds. The average Bonchev–Trinajstić information content (AvgIpc) is 3.53. The van der Waals surface area contributed by atoms with Crippen molar-refractivity contribution in [3.63, 3.8) is 0 Å². The normalized spacial score (nSPS) is 15.9. The summed E-state index contributed by atoms with van der Waals surface area (Å²) >= 11 is 6.10. The molecule has 154 valence electrons. The molecule has 2 aromatic heterocycles. The average molecular weight is 431 g/mol. The van der Waals surface area contributed by atoms with Gasteiger partial charge in [-0.2, -0.15) is 10.2 Å². The first kappa shape index (κ1) is 19.3. The lowest BCUT2D eigenvalue weighted by Crippen LogP contribution is -2.24. The maximum Gasteiger partial charge on any atom is 0.240 e. The lowest BCUT2D eigenvalue weighted by atomic mass is 9.98. The number of furan rings is 1. The Bertz CT molecular complexity index is 1240. The van der Waals surface area contributed by atoms with Gasteiger partial charge in [-0.15, -0.1) is 0 Å². The number of halogens is 1. The minimum absolute atomic E-state index is 0.138. The topological polar surface area (TPSA) is 63.6 Å². The Morgan fingerprint density at radius 3 is 2.52 bits per heavy atom. The first-order chi connectivity index (χ1) is 15.1. The van der Waals surface area contributed by atoms with Gasteiger partial charge in [0.05, 0.1) is 23.7 Å². The van der Waals surface area contributed by atoms with E-state index in [4.69, 9.17) is 21.1 Å². The van der Waals surface area contributed by atoms with E-state index in [0.29, 0.717) is 17.2 Å². The number of hydrogen-bond acceptors (Lipinski definition) is 4. The molecular weight excluding hydrogens is 412 g/mol. The van der Waals surface area contributed by atoms with Crippen molar-refractivity contribution >= 4 is 23.2 Å². The van der Waals surface area contributed by atoms with Gasteiger partial charge in [0.25, 0.3) is 0 Å². The van der Waals surface area contributed by atoms with Gasteiger partial charge in [0.2, 0.25) is 5.91 Å². The summed E-state index contributed by atoms with van der Waals surface area (Å²) < 4.78 is 7.36. The molecule has 0 saturated carbocycles. The fraction of sp³-hybridized carbons (Fsp3) is 0.125. The van der Waals surface area contributed by atoms with E-state index < -0.39 is 0 Å². The number of amides is 1. The molecule has 0 radical (unpaired) electrons. The molecule has 0 bridgehead atoms. The van der Waals surface area contributed by atoms with Crippen LogP contribution in [0.5, 0.6) is 0 Å². The molecule has 6 nitrogen and oxygen atoms in total. The number of para-hydroxylation sites is 1. The van der Waals surface area contributed by atoms with Gasteiger partial charge in [-0.1, -0.05) is 41.9 Å². The van der Waals surface area contributed by atoms with E-state index >= 15 is 0 Å². The molecule has 0 spiro atoms. The maximum absolute atomic E-state index is 12.5. The van der Waals surface area contributed by atoms with Crippen LogP contribution in [0.3, 0.4) is 0 Å². The number of carbonyl (C=O) groups is 1. The van der Waals surface area contributed by atoms with E-state index in [2.05, 4.69) is 5.10 Å². The monoisotopic (exact) mass is 430 g/mol. The van der Waals surface area contributed by atoms with Crippen molar-refractivity contribution < 1.29 is 9.21 Å². The minimum Gasteiger partial charge on any atom is -0.463 e. The molecule has 0 saturated heterocycles. The Morgan fingerprint density at radius 1 is 1.06 bits per heavy atom. The highest BCUT2D eigenvalue weighted by molar-refractivity contribution is 6.30. The second-order valence-corrected chi connectivity index (χ2v) is 7.76. The third-order valence-electron chi connectivity index (χ3n) is 5.28. The highest BCUT2D eigenvalue weighted by atomic mass is 35.5. The SMILES string of the molecule is CC(=O)N1N=C(c2ccco2)C[C@@H]1c1cn(-c2ccccc2)nc1-c1ccc(Cl)cc1. The molecule has 2 aromatic carbocycles. The van der Waals surface area contributed by atoms with Gasteiger partial charge in [0.1, 0.15) is 11.5 Å². The molecule has 1 aliphatic heterocycles. The van der Waals surface area contributed by atoms with Gasteiger partial charge >= 0.3 is 0 Å². The Labute approximate surface area is 184 Å². The third kappa shape index (κ3) is 3.66. The largest absolute Gasteiger partial charge is 0.463 e. The molecule has 1 aliphatic rings. The number of hydrogen-bond donors (Lipinski definition) is 0. The van der Waals surface area contributed by atoms with Crippen molar-refractivity contribution in [2.24, 2.45) is 5.10 Å². The minimum atomic E-state index is -0.291. The fourth-order valence-corrected chi connectivity index (χ4v) is 3.94. The van der Waals surface area contributed by atoms with Crippen LogP contribution in [0.15, 0.2) is 88.7 Å². The number of rotatable bonds is 4. The zero-order valence-electron chi connectivity index (χ0n) is 16.8. The van der Waals surface area contributed by atoms with Crippen LogP contribution in [-0.4, -0.2) is 26.4 Å². The fourth-order valence-electron chi connectivity index (χ4n) is 3.81. The van der Waals surface area contributed by atoms with Crippen LogP contribution in [0.1, 0.15) is 30.7 Å². The van der Waals surface area contributed by atoms with Crippen molar-refractivity contribution in [1.82, 2.24) is 14.8 Å². The molecule has 1 atom stereocenters. The van der Waals surface area contributed by atoms with Gasteiger partial charge in [0, 0.05) is 35.7 Å². The van der Waals surface area contributed by atoms with Crippen LogP contribution in [-0.2, 0) is 4.79 Å². The van der Waals surface area contributed by atoms with Gasteiger partial charge in [-0.3, -0.25) is 4.79 Å². The smallest absolute Gasteiger partial charge is 0.240 e. The van der Waals surface area contributed by atoms with Crippen LogP contribution < -0.4 is 0 Å². The molecule has 4 aromatic rings. The van der Waals surface area contributed by atoms with Crippen molar-refractivity contribution in [2.45, 2.75) is 19.4 Å². The molecule has 0 unspecified atom stereocenters. The van der Waals surface area contributed by atoms with Crippen LogP contribution in [0.25, 0.3) is 16.9 Å². The van der Waals surface area contributed by atoms with Crippen molar-refractivity contribution in [1.29, 1.82) is 0 Å². The van der Waals surface area contributed by atoms with Gasteiger partial charge in [0.15, 0.2) is 0 Å². The molecule has 31 heavy (non-hydrogen) atoms. The molecule has 0 N–H and O–H groups in total. The Balaban J connectivity index is 1.62. The van der Waals surface area contributed by atoms with E-state index in [0.717, 1.165) is 28.2 Å². The highest BCUT2D eigenvalue weighted by Crippen LogP contribution is 2.38. The standard InChI is InChI=1S/C24H19ClN4O2/c1-16(30)29-22(14-21(26-29)23-8-5-13-31-23)20-15-28(19-6-3-2-4-7-19)27-24(20)17-9-11-18(25)12-10-17/h2-13,15,22H,14H2,1H3/t22-/m1/s1. The molecule has 7 heteroatoms. The lowest BCUT2D eigenvalue weighted by molar-refractivity contribution is -0.130. The summed E-state index contributed by atoms with van der Waals surface area (Å²) in [6.07, 6.45) is 4.12. The zero-order valence-corrected chi connectivity index (χ0v) is 17.5. The van der Waals surface area contributed by atoms with Crippen molar-refractivity contribution in [2.75, 3.05) is 0 Å². The summed E-state index contributed by atoms with van der Waals surface area (Å²) in [5.41, 5.74) is 4.28. The van der Waals surface area contributed by atoms with E-state index in [-0.39, 0.29) is 11.9 Å². The van der Waals surface area contributed by atoms with Crippen molar-refractivity contribution in [3.05, 3.63) is 95.5 Å². The Morgan fingerprint density at radius 2 is 1.84 bits per heavy atom. The third-order valence-corrected chi connectivity index (χ3v) is 5.53. The molecule has 0 aliphatic carbocycles. The second kappa shape index (κ2) is 7.89. The lowest BCUT2D eigenvalue weighted by Gasteiger charge is -2.20. The predicted octanol–water partition coefficient (Wildman–Crippen LogP) is 5.48. The van der Waals surface area contributed by atoms with Gasteiger partial charge in [-0.05, 0) is 36.4 Å². The summed E-state index contributed by atoms with van der Waals surface area (Å²) in [6, 6.07) is 20.8. The van der Waals surface area contributed by atoms with Crippen LogP contribution >= 0.6 is 11.6 Å². The second-order valence-electron chi connectivity index (χ2n) is 7.33.